The summed E-state index contributed by atoms with van der Waals surface area (Å²) >= 11 is 1.95. The molecule has 0 aromatic carbocycles. The maximum atomic E-state index is 11.8. The van der Waals surface area contributed by atoms with Crippen molar-refractivity contribution < 1.29 is 4.79 Å². The molecule has 0 unspecified atom stereocenters. The average molecular weight is 237 g/mol. The quantitative estimate of drug-likeness (QED) is 0.593. The molecular formula is C13H19NOS. The van der Waals surface area contributed by atoms with E-state index in [9.17, 15) is 4.79 Å². The fourth-order valence-corrected chi connectivity index (χ4v) is 2.81. The maximum Gasteiger partial charge on any atom is 0.164 e. The number of aromatic nitrogens is 1. The number of thioether (sulfide) groups is 1. The minimum atomic E-state index is 0.342. The van der Waals surface area contributed by atoms with E-state index in [0.717, 1.165) is 43.5 Å². The Hall–Kier alpha value is -0.700. The SMILES string of the molecule is CCSCCn1cc2c(c1)C(=O)CCCC2. The molecule has 0 N–H and O–H groups in total. The number of ketones is 1. The molecule has 0 atom stereocenters. The molecule has 1 aromatic heterocycles. The van der Waals surface area contributed by atoms with Crippen LogP contribution in [0.15, 0.2) is 12.4 Å². The Morgan fingerprint density at radius 3 is 2.94 bits per heavy atom. The molecule has 0 bridgehead atoms. The summed E-state index contributed by atoms with van der Waals surface area (Å²) in [6.45, 7) is 3.21. The predicted molar refractivity (Wildman–Crippen MR) is 69.3 cm³/mol. The summed E-state index contributed by atoms with van der Waals surface area (Å²) < 4.78 is 2.19. The second kappa shape index (κ2) is 5.58. The molecule has 1 heterocycles. The Labute approximate surface area is 101 Å². The molecule has 88 valence electrons. The van der Waals surface area contributed by atoms with Gasteiger partial charge in [0.1, 0.15) is 0 Å². The predicted octanol–water partition coefficient (Wildman–Crippen LogP) is 3.15. The molecule has 0 amide bonds. The van der Waals surface area contributed by atoms with Gasteiger partial charge in [0.2, 0.25) is 0 Å². The highest BCUT2D eigenvalue weighted by molar-refractivity contribution is 7.99. The Bertz CT molecular complexity index is 370. The molecular weight excluding hydrogens is 218 g/mol. The van der Waals surface area contributed by atoms with Crippen LogP contribution in [-0.2, 0) is 13.0 Å². The smallest absolute Gasteiger partial charge is 0.164 e. The lowest BCUT2D eigenvalue weighted by Gasteiger charge is -2.01. The molecule has 2 nitrogen and oxygen atoms in total. The zero-order valence-electron chi connectivity index (χ0n) is 9.87. The first-order valence-corrected chi connectivity index (χ1v) is 7.26. The molecule has 0 spiro atoms. The third kappa shape index (κ3) is 2.70. The van der Waals surface area contributed by atoms with Crippen LogP contribution in [0, 0.1) is 0 Å². The van der Waals surface area contributed by atoms with Gasteiger partial charge in [-0.3, -0.25) is 4.79 Å². The second-order valence-electron chi connectivity index (χ2n) is 4.26. The van der Waals surface area contributed by atoms with E-state index in [1.165, 1.54) is 11.3 Å². The third-order valence-electron chi connectivity index (χ3n) is 3.06. The number of Topliss-reactive ketones (excluding diaryl/α,β-unsaturated/α-hetero) is 1. The van der Waals surface area contributed by atoms with Gasteiger partial charge in [-0.1, -0.05) is 6.92 Å². The molecule has 16 heavy (non-hydrogen) atoms. The van der Waals surface area contributed by atoms with E-state index in [4.69, 9.17) is 0 Å². The van der Waals surface area contributed by atoms with Crippen molar-refractivity contribution in [2.45, 2.75) is 39.2 Å². The number of carbonyl (C=O) groups excluding carboxylic acids is 1. The Morgan fingerprint density at radius 1 is 1.31 bits per heavy atom. The van der Waals surface area contributed by atoms with Gasteiger partial charge in [0.15, 0.2) is 5.78 Å². The molecule has 1 aliphatic rings. The van der Waals surface area contributed by atoms with Crippen molar-refractivity contribution in [3.63, 3.8) is 0 Å². The van der Waals surface area contributed by atoms with Gasteiger partial charge >= 0.3 is 0 Å². The van der Waals surface area contributed by atoms with Crippen molar-refractivity contribution >= 4 is 17.5 Å². The summed E-state index contributed by atoms with van der Waals surface area (Å²) in [5.41, 5.74) is 2.25. The lowest BCUT2D eigenvalue weighted by molar-refractivity contribution is 0.0982. The fourth-order valence-electron chi connectivity index (χ4n) is 2.19. The van der Waals surface area contributed by atoms with E-state index in [0.29, 0.717) is 5.78 Å². The minimum absolute atomic E-state index is 0.342. The molecule has 0 aliphatic heterocycles. The average Bonchev–Trinajstić information content (AvgIpc) is 2.61. The van der Waals surface area contributed by atoms with Crippen LogP contribution < -0.4 is 0 Å². The zero-order chi connectivity index (χ0) is 11.4. The van der Waals surface area contributed by atoms with Gasteiger partial charge in [0.25, 0.3) is 0 Å². The van der Waals surface area contributed by atoms with E-state index < -0.39 is 0 Å². The Kier molecular flexibility index (Phi) is 4.10. The number of fused-ring (bicyclic) bond motifs is 1. The van der Waals surface area contributed by atoms with Crippen molar-refractivity contribution in [2.75, 3.05) is 11.5 Å². The maximum absolute atomic E-state index is 11.8. The molecule has 0 radical (unpaired) electrons. The summed E-state index contributed by atoms with van der Waals surface area (Å²) in [5.74, 6) is 2.65. The topological polar surface area (TPSA) is 22.0 Å². The first-order chi connectivity index (χ1) is 7.81. The van der Waals surface area contributed by atoms with Gasteiger partial charge in [-0.25, -0.2) is 0 Å². The summed E-state index contributed by atoms with van der Waals surface area (Å²) in [6.07, 6.45) is 8.26. The van der Waals surface area contributed by atoms with Crippen LogP contribution in [0.1, 0.15) is 42.1 Å². The van der Waals surface area contributed by atoms with Gasteiger partial charge in [0.05, 0.1) is 0 Å². The number of aryl methyl sites for hydroxylation is 2. The van der Waals surface area contributed by atoms with Crippen molar-refractivity contribution in [1.29, 1.82) is 0 Å². The van der Waals surface area contributed by atoms with Gasteiger partial charge in [-0.05, 0) is 30.6 Å². The van der Waals surface area contributed by atoms with E-state index in [-0.39, 0.29) is 0 Å². The van der Waals surface area contributed by atoms with E-state index in [1.807, 2.05) is 11.8 Å². The largest absolute Gasteiger partial charge is 0.352 e. The summed E-state index contributed by atoms with van der Waals surface area (Å²) in [4.78, 5) is 11.8. The fraction of sp³-hybridized carbons (Fsp3) is 0.615. The van der Waals surface area contributed by atoms with E-state index in [1.54, 1.807) is 0 Å². The van der Waals surface area contributed by atoms with Crippen LogP contribution in [0.4, 0.5) is 0 Å². The van der Waals surface area contributed by atoms with Crippen molar-refractivity contribution in [1.82, 2.24) is 4.57 Å². The van der Waals surface area contributed by atoms with Crippen molar-refractivity contribution in [3.05, 3.63) is 23.5 Å². The highest BCUT2D eigenvalue weighted by atomic mass is 32.2. The summed E-state index contributed by atoms with van der Waals surface area (Å²) in [7, 11) is 0. The highest BCUT2D eigenvalue weighted by Gasteiger charge is 2.17. The van der Waals surface area contributed by atoms with E-state index in [2.05, 4.69) is 23.9 Å². The molecule has 0 saturated carbocycles. The highest BCUT2D eigenvalue weighted by Crippen LogP contribution is 2.21. The van der Waals surface area contributed by atoms with Gasteiger partial charge in [-0.15, -0.1) is 0 Å². The molecule has 0 saturated heterocycles. The number of hydrogen-bond acceptors (Lipinski definition) is 2. The van der Waals surface area contributed by atoms with Gasteiger partial charge < -0.3 is 4.57 Å². The lowest BCUT2D eigenvalue weighted by atomic mass is 10.1. The van der Waals surface area contributed by atoms with Gasteiger partial charge in [-0.2, -0.15) is 11.8 Å². The zero-order valence-corrected chi connectivity index (χ0v) is 10.7. The van der Waals surface area contributed by atoms with Crippen LogP contribution in [0.5, 0.6) is 0 Å². The van der Waals surface area contributed by atoms with Crippen LogP contribution in [0.3, 0.4) is 0 Å². The molecule has 0 fully saturated rings. The van der Waals surface area contributed by atoms with Crippen LogP contribution in [-0.4, -0.2) is 21.9 Å². The van der Waals surface area contributed by atoms with Gasteiger partial charge in [0, 0.05) is 36.7 Å². The molecule has 3 heteroatoms. The first kappa shape index (κ1) is 11.8. The number of nitrogens with zero attached hydrogens (tertiary/aromatic N) is 1. The van der Waals surface area contributed by atoms with Crippen LogP contribution >= 0.6 is 11.8 Å². The van der Waals surface area contributed by atoms with E-state index >= 15 is 0 Å². The number of carbonyl (C=O) groups is 1. The standard InChI is InChI=1S/C13H19NOS/c1-2-16-8-7-14-9-11-5-3-4-6-13(15)12(11)10-14/h9-10H,2-8H2,1H3. The monoisotopic (exact) mass is 237 g/mol. The number of hydrogen-bond donors (Lipinski definition) is 0. The van der Waals surface area contributed by atoms with Crippen LogP contribution in [0.2, 0.25) is 0 Å². The molecule has 2 rings (SSSR count). The first-order valence-electron chi connectivity index (χ1n) is 6.11. The third-order valence-corrected chi connectivity index (χ3v) is 3.94. The molecule has 1 aliphatic carbocycles. The minimum Gasteiger partial charge on any atom is -0.352 e. The van der Waals surface area contributed by atoms with Crippen molar-refractivity contribution in [3.8, 4) is 0 Å². The Balaban J connectivity index is 2.07. The van der Waals surface area contributed by atoms with Crippen LogP contribution in [0.25, 0.3) is 0 Å². The normalized spacial score (nSPS) is 15.9. The second-order valence-corrected chi connectivity index (χ2v) is 5.66. The Morgan fingerprint density at radius 2 is 2.12 bits per heavy atom. The lowest BCUT2D eigenvalue weighted by Crippen LogP contribution is -1.99. The summed E-state index contributed by atoms with van der Waals surface area (Å²) in [5, 5.41) is 0. The number of rotatable bonds is 4. The molecule has 1 aromatic rings. The van der Waals surface area contributed by atoms with Crippen molar-refractivity contribution in [2.24, 2.45) is 0 Å². The summed E-state index contributed by atoms with van der Waals surface area (Å²) in [6, 6.07) is 0.